The smallest absolute Gasteiger partial charge is 0.353 e. The minimum atomic E-state index is -1.28. The monoisotopic (exact) mass is 315 g/mol. The van der Waals surface area contributed by atoms with E-state index in [1.54, 1.807) is 24.3 Å². The molecule has 0 spiro atoms. The van der Waals surface area contributed by atoms with Gasteiger partial charge in [0.05, 0.1) is 11.2 Å². The highest BCUT2D eigenvalue weighted by Gasteiger charge is 2.18. The molecule has 2 aromatic carbocycles. The topological polar surface area (TPSA) is 79.5 Å². The molecular weight excluding hydrogens is 306 g/mol. The van der Waals surface area contributed by atoms with Gasteiger partial charge in [-0.05, 0) is 30.3 Å². The number of carboxylic acid groups (broad SMARTS) is 1. The van der Waals surface area contributed by atoms with E-state index in [-0.39, 0.29) is 17.1 Å². The maximum absolute atomic E-state index is 12.1. The molecule has 110 valence electrons. The summed E-state index contributed by atoms with van der Waals surface area (Å²) in [6.45, 7) is 0. The van der Waals surface area contributed by atoms with E-state index in [1.807, 2.05) is 0 Å². The summed E-state index contributed by atoms with van der Waals surface area (Å²) in [5.41, 5.74) is -0.0712. The third-order valence-corrected chi connectivity index (χ3v) is 3.55. The van der Waals surface area contributed by atoms with E-state index in [2.05, 4.69) is 0 Å². The van der Waals surface area contributed by atoms with Gasteiger partial charge in [-0.15, -0.1) is 0 Å². The number of aromatic hydroxyl groups is 1. The number of phenols is 1. The number of aromatic carboxylic acids is 1. The first-order chi connectivity index (χ1) is 10.5. The van der Waals surface area contributed by atoms with Crippen LogP contribution in [-0.4, -0.2) is 20.7 Å². The van der Waals surface area contributed by atoms with Crippen molar-refractivity contribution >= 4 is 28.5 Å². The lowest BCUT2D eigenvalue weighted by molar-refractivity contribution is 0.0688. The largest absolute Gasteiger partial charge is 0.506 e. The van der Waals surface area contributed by atoms with Crippen LogP contribution < -0.4 is 5.43 Å². The van der Waals surface area contributed by atoms with Crippen molar-refractivity contribution in [2.75, 3.05) is 0 Å². The number of nitrogens with zero attached hydrogens (tertiary/aromatic N) is 1. The van der Waals surface area contributed by atoms with Gasteiger partial charge in [0.25, 0.3) is 0 Å². The fraction of sp³-hybridized carbons (Fsp3) is 0. The van der Waals surface area contributed by atoms with E-state index < -0.39 is 11.4 Å². The third kappa shape index (κ3) is 2.21. The number of carboxylic acids is 1. The van der Waals surface area contributed by atoms with E-state index in [0.717, 1.165) is 6.07 Å². The minimum Gasteiger partial charge on any atom is -0.506 e. The maximum Gasteiger partial charge on any atom is 0.353 e. The van der Waals surface area contributed by atoms with E-state index >= 15 is 0 Å². The first-order valence-electron chi connectivity index (χ1n) is 6.36. The van der Waals surface area contributed by atoms with Gasteiger partial charge in [0.1, 0.15) is 11.4 Å². The van der Waals surface area contributed by atoms with Crippen molar-refractivity contribution in [3.63, 3.8) is 0 Å². The van der Waals surface area contributed by atoms with Gasteiger partial charge in [-0.3, -0.25) is 9.36 Å². The Morgan fingerprint density at radius 3 is 2.55 bits per heavy atom. The number of hydrogen-bond donors (Lipinski definition) is 2. The van der Waals surface area contributed by atoms with E-state index in [1.165, 1.54) is 22.8 Å². The van der Waals surface area contributed by atoms with Gasteiger partial charge in [-0.2, -0.15) is 0 Å². The number of halogens is 1. The molecule has 0 unspecified atom stereocenters. The predicted octanol–water partition coefficient (Wildman–Crippen LogP) is 3.05. The molecule has 3 rings (SSSR count). The number of hydrogen-bond acceptors (Lipinski definition) is 3. The van der Waals surface area contributed by atoms with E-state index in [4.69, 9.17) is 11.6 Å². The summed E-state index contributed by atoms with van der Waals surface area (Å²) in [5, 5.41) is 20.2. The van der Waals surface area contributed by atoms with Crippen molar-refractivity contribution in [3.8, 4) is 11.4 Å². The van der Waals surface area contributed by atoms with Crippen LogP contribution in [0.25, 0.3) is 16.6 Å². The summed E-state index contributed by atoms with van der Waals surface area (Å²) in [6.07, 6.45) is 0. The standard InChI is InChI=1S/C16H10ClNO4/c17-9-5-6-14(19)12(7-9)18-11-4-2-1-3-10(11)15(20)8-13(18)16(21)22/h1-8,19H,(H,21,22). The second-order valence-electron chi connectivity index (χ2n) is 4.68. The SMILES string of the molecule is O=C(O)c1cc(=O)c2ccccc2n1-c1cc(Cl)ccc1O. The van der Waals surface area contributed by atoms with Gasteiger partial charge >= 0.3 is 5.97 Å². The molecule has 0 radical (unpaired) electrons. The van der Waals surface area contributed by atoms with Crippen molar-refractivity contribution < 1.29 is 15.0 Å². The predicted molar refractivity (Wildman–Crippen MR) is 83.2 cm³/mol. The van der Waals surface area contributed by atoms with Crippen LogP contribution in [0.4, 0.5) is 0 Å². The van der Waals surface area contributed by atoms with Gasteiger partial charge in [0.2, 0.25) is 0 Å². The summed E-state index contributed by atoms with van der Waals surface area (Å²) in [6, 6.07) is 11.9. The third-order valence-electron chi connectivity index (χ3n) is 3.32. The number of carbonyl (C=O) groups is 1. The number of phenolic OH excluding ortho intramolecular Hbond substituents is 1. The van der Waals surface area contributed by atoms with Crippen molar-refractivity contribution in [2.24, 2.45) is 0 Å². The zero-order chi connectivity index (χ0) is 15.9. The average molecular weight is 316 g/mol. The molecule has 22 heavy (non-hydrogen) atoms. The zero-order valence-electron chi connectivity index (χ0n) is 11.2. The molecule has 1 heterocycles. The fourth-order valence-electron chi connectivity index (χ4n) is 2.37. The Morgan fingerprint density at radius 1 is 1.09 bits per heavy atom. The van der Waals surface area contributed by atoms with Gasteiger partial charge in [0, 0.05) is 16.5 Å². The van der Waals surface area contributed by atoms with Gasteiger partial charge in [-0.25, -0.2) is 4.79 Å². The van der Waals surface area contributed by atoms with Crippen LogP contribution in [0.3, 0.4) is 0 Å². The summed E-state index contributed by atoms with van der Waals surface area (Å²) < 4.78 is 1.31. The molecule has 0 saturated carbocycles. The molecule has 0 saturated heterocycles. The molecule has 0 fully saturated rings. The molecule has 0 bridgehead atoms. The van der Waals surface area contributed by atoms with Crippen molar-refractivity contribution in [1.82, 2.24) is 4.57 Å². The van der Waals surface area contributed by atoms with Crippen LogP contribution in [0.1, 0.15) is 10.5 Å². The molecule has 3 aromatic rings. The maximum atomic E-state index is 12.1. The first-order valence-corrected chi connectivity index (χ1v) is 6.74. The van der Waals surface area contributed by atoms with Crippen LogP contribution in [0.15, 0.2) is 53.3 Å². The van der Waals surface area contributed by atoms with Crippen molar-refractivity contribution in [2.45, 2.75) is 0 Å². The van der Waals surface area contributed by atoms with Crippen molar-refractivity contribution in [3.05, 3.63) is 69.5 Å². The van der Waals surface area contributed by atoms with Crippen LogP contribution >= 0.6 is 11.6 Å². The number of aromatic nitrogens is 1. The molecule has 1 aromatic heterocycles. The van der Waals surface area contributed by atoms with Crippen LogP contribution in [0.2, 0.25) is 5.02 Å². The van der Waals surface area contributed by atoms with Gasteiger partial charge in [0.15, 0.2) is 5.43 Å². The molecule has 0 aliphatic rings. The summed E-state index contributed by atoms with van der Waals surface area (Å²) in [5.74, 6) is -1.41. The minimum absolute atomic E-state index is 0.138. The Morgan fingerprint density at radius 2 is 1.82 bits per heavy atom. The summed E-state index contributed by atoms with van der Waals surface area (Å²) in [7, 11) is 0. The quantitative estimate of drug-likeness (QED) is 0.761. The Balaban J connectivity index is 2.53. The van der Waals surface area contributed by atoms with E-state index in [0.29, 0.717) is 15.9 Å². The Labute approximate surface area is 129 Å². The van der Waals surface area contributed by atoms with Crippen LogP contribution in [-0.2, 0) is 0 Å². The lowest BCUT2D eigenvalue weighted by Gasteiger charge is -2.16. The van der Waals surface area contributed by atoms with E-state index in [9.17, 15) is 19.8 Å². The molecule has 0 aliphatic carbocycles. The Hall–Kier alpha value is -2.79. The van der Waals surface area contributed by atoms with Crippen molar-refractivity contribution in [1.29, 1.82) is 0 Å². The zero-order valence-corrected chi connectivity index (χ0v) is 11.9. The fourth-order valence-corrected chi connectivity index (χ4v) is 2.53. The number of pyridine rings is 1. The molecule has 2 N–H and O–H groups in total. The number of para-hydroxylation sites is 1. The lowest BCUT2D eigenvalue weighted by atomic mass is 10.1. The highest BCUT2D eigenvalue weighted by atomic mass is 35.5. The Kier molecular flexibility index (Phi) is 3.35. The second-order valence-corrected chi connectivity index (χ2v) is 5.12. The van der Waals surface area contributed by atoms with Gasteiger partial charge < -0.3 is 10.2 Å². The summed E-state index contributed by atoms with van der Waals surface area (Å²) >= 11 is 5.95. The normalized spacial score (nSPS) is 10.8. The average Bonchev–Trinajstić information content (AvgIpc) is 2.50. The first kappa shape index (κ1) is 14.2. The number of fused-ring (bicyclic) bond motifs is 1. The summed E-state index contributed by atoms with van der Waals surface area (Å²) in [4.78, 5) is 23.6. The molecule has 0 aliphatic heterocycles. The molecule has 6 heteroatoms. The molecule has 0 atom stereocenters. The number of benzene rings is 2. The molecule has 0 amide bonds. The Bertz CT molecular complexity index is 962. The highest BCUT2D eigenvalue weighted by Crippen LogP contribution is 2.29. The van der Waals surface area contributed by atoms with Crippen LogP contribution in [0.5, 0.6) is 5.75 Å². The lowest BCUT2D eigenvalue weighted by Crippen LogP contribution is -2.17. The number of rotatable bonds is 2. The molecule has 5 nitrogen and oxygen atoms in total. The highest BCUT2D eigenvalue weighted by molar-refractivity contribution is 6.30. The van der Waals surface area contributed by atoms with Crippen LogP contribution in [0, 0.1) is 0 Å². The second kappa shape index (κ2) is 5.20. The molecular formula is C16H10ClNO4. The van der Waals surface area contributed by atoms with Gasteiger partial charge in [-0.1, -0.05) is 23.7 Å².